The number of likely N-dealkylation sites (tertiary alicyclic amines) is 1. The topological polar surface area (TPSA) is 45.2 Å². The largest absolute Gasteiger partial charge is 0.350 e. The zero-order chi connectivity index (χ0) is 14.7. The van der Waals surface area contributed by atoms with Crippen LogP contribution in [0.3, 0.4) is 0 Å². The number of nitrogens with one attached hydrogen (secondary N) is 1. The Morgan fingerprint density at radius 2 is 2.29 bits per heavy atom. The summed E-state index contributed by atoms with van der Waals surface area (Å²) in [7, 11) is 0. The third-order valence-electron chi connectivity index (χ3n) is 4.29. The minimum Gasteiger partial charge on any atom is -0.350 e. The van der Waals surface area contributed by atoms with Crippen LogP contribution in [0.2, 0.25) is 0 Å². The molecule has 0 radical (unpaired) electrons. The Hall–Kier alpha value is -1.94. The van der Waals surface area contributed by atoms with Crippen LogP contribution < -0.4 is 5.32 Å². The number of benzene rings is 1. The van der Waals surface area contributed by atoms with Crippen LogP contribution in [0.4, 0.5) is 0 Å². The summed E-state index contributed by atoms with van der Waals surface area (Å²) < 4.78 is 0. The molecule has 0 spiro atoms. The molecule has 1 aliphatic rings. The number of carbonyl (C=O) groups is 1. The zero-order valence-electron chi connectivity index (χ0n) is 12.4. The smallest absolute Gasteiger partial charge is 0.252 e. The predicted octanol–water partition coefficient (Wildman–Crippen LogP) is 2.45. The summed E-state index contributed by atoms with van der Waals surface area (Å²) in [4.78, 5) is 19.2. The highest BCUT2D eigenvalue weighted by Gasteiger charge is 2.23. The highest BCUT2D eigenvalue weighted by Crippen LogP contribution is 2.18. The molecule has 0 aliphatic carbocycles. The standard InChI is InChI=1S/C17H21N3O/c1-2-20-11-5-6-13(20)12-19-17(21)15-7-3-9-16-14(15)8-4-10-18-16/h3-4,7-10,13H,2,5-6,11-12H2,1H3,(H,19,21)/t13-/m0/s1. The van der Waals surface area contributed by atoms with E-state index in [0.29, 0.717) is 11.6 Å². The maximum absolute atomic E-state index is 12.5. The summed E-state index contributed by atoms with van der Waals surface area (Å²) in [5.74, 6) is -0.00319. The molecule has 1 fully saturated rings. The lowest BCUT2D eigenvalue weighted by Gasteiger charge is -2.23. The van der Waals surface area contributed by atoms with Gasteiger partial charge in [-0.3, -0.25) is 14.7 Å². The molecular weight excluding hydrogens is 262 g/mol. The van der Waals surface area contributed by atoms with E-state index < -0.39 is 0 Å². The second-order valence-corrected chi connectivity index (χ2v) is 5.51. The van der Waals surface area contributed by atoms with Crippen LogP contribution in [0.5, 0.6) is 0 Å². The van der Waals surface area contributed by atoms with Crippen molar-refractivity contribution in [3.63, 3.8) is 0 Å². The fourth-order valence-corrected chi connectivity index (χ4v) is 3.15. The van der Waals surface area contributed by atoms with E-state index in [1.54, 1.807) is 6.20 Å². The minimum absolute atomic E-state index is 0.00319. The Balaban J connectivity index is 1.72. The van der Waals surface area contributed by atoms with Gasteiger partial charge in [0.1, 0.15) is 0 Å². The molecule has 0 unspecified atom stereocenters. The van der Waals surface area contributed by atoms with E-state index >= 15 is 0 Å². The van der Waals surface area contributed by atoms with Crippen molar-refractivity contribution in [1.29, 1.82) is 0 Å². The number of pyridine rings is 1. The Kier molecular flexibility index (Phi) is 4.15. The van der Waals surface area contributed by atoms with Gasteiger partial charge in [0.2, 0.25) is 0 Å². The highest BCUT2D eigenvalue weighted by atomic mass is 16.1. The summed E-state index contributed by atoms with van der Waals surface area (Å²) in [5.41, 5.74) is 1.57. The molecule has 1 aromatic carbocycles. The van der Waals surface area contributed by atoms with Gasteiger partial charge in [0.05, 0.1) is 5.52 Å². The van der Waals surface area contributed by atoms with Gasteiger partial charge in [0.25, 0.3) is 5.91 Å². The first-order valence-corrected chi connectivity index (χ1v) is 7.65. The summed E-state index contributed by atoms with van der Waals surface area (Å²) in [5, 5.41) is 4.00. The molecule has 110 valence electrons. The van der Waals surface area contributed by atoms with Gasteiger partial charge in [-0.1, -0.05) is 19.1 Å². The number of hydrogen-bond acceptors (Lipinski definition) is 3. The van der Waals surface area contributed by atoms with Gasteiger partial charge in [0.15, 0.2) is 0 Å². The van der Waals surface area contributed by atoms with Crippen molar-refractivity contribution in [2.45, 2.75) is 25.8 Å². The van der Waals surface area contributed by atoms with Crippen molar-refractivity contribution >= 4 is 16.8 Å². The summed E-state index contributed by atoms with van der Waals surface area (Å²) in [6, 6.07) is 9.98. The molecule has 3 rings (SSSR count). The summed E-state index contributed by atoms with van der Waals surface area (Å²) >= 11 is 0. The first-order valence-electron chi connectivity index (χ1n) is 7.65. The van der Waals surface area contributed by atoms with Crippen LogP contribution in [0.15, 0.2) is 36.5 Å². The van der Waals surface area contributed by atoms with Crippen LogP contribution in [0.1, 0.15) is 30.1 Å². The minimum atomic E-state index is -0.00319. The molecule has 0 saturated carbocycles. The average molecular weight is 283 g/mol. The molecule has 2 heterocycles. The monoisotopic (exact) mass is 283 g/mol. The van der Waals surface area contributed by atoms with Crippen LogP contribution in [0, 0.1) is 0 Å². The SMILES string of the molecule is CCN1CCC[C@H]1CNC(=O)c1cccc2ncccc12. The molecule has 0 bridgehead atoms. The van der Waals surface area contributed by atoms with E-state index in [2.05, 4.69) is 22.1 Å². The molecule has 1 aliphatic heterocycles. The molecule has 1 atom stereocenters. The lowest BCUT2D eigenvalue weighted by atomic mass is 10.1. The molecule has 1 N–H and O–H groups in total. The summed E-state index contributed by atoms with van der Waals surface area (Å²) in [6.45, 7) is 5.10. The number of amides is 1. The van der Waals surface area contributed by atoms with Gasteiger partial charge < -0.3 is 5.32 Å². The lowest BCUT2D eigenvalue weighted by Crippen LogP contribution is -2.40. The van der Waals surface area contributed by atoms with E-state index in [9.17, 15) is 4.79 Å². The van der Waals surface area contributed by atoms with Crippen molar-refractivity contribution in [2.75, 3.05) is 19.6 Å². The van der Waals surface area contributed by atoms with Crippen LogP contribution in [-0.2, 0) is 0 Å². The third-order valence-corrected chi connectivity index (χ3v) is 4.29. The Bertz CT molecular complexity index is 635. The number of carbonyl (C=O) groups excluding carboxylic acids is 1. The Morgan fingerprint density at radius 3 is 3.14 bits per heavy atom. The van der Waals surface area contributed by atoms with Crippen molar-refractivity contribution in [3.05, 3.63) is 42.1 Å². The molecule has 1 saturated heterocycles. The second-order valence-electron chi connectivity index (χ2n) is 5.51. The zero-order valence-corrected chi connectivity index (χ0v) is 12.4. The predicted molar refractivity (Wildman–Crippen MR) is 84.3 cm³/mol. The third kappa shape index (κ3) is 2.90. The van der Waals surface area contributed by atoms with E-state index in [1.807, 2.05) is 30.3 Å². The lowest BCUT2D eigenvalue weighted by molar-refractivity contribution is 0.0943. The number of rotatable bonds is 4. The first kappa shape index (κ1) is 14.0. The number of fused-ring (bicyclic) bond motifs is 1. The van der Waals surface area contributed by atoms with Gasteiger partial charge in [0, 0.05) is 29.7 Å². The quantitative estimate of drug-likeness (QED) is 0.937. The molecular formula is C17H21N3O. The highest BCUT2D eigenvalue weighted by molar-refractivity contribution is 6.06. The van der Waals surface area contributed by atoms with Crippen molar-refractivity contribution in [2.24, 2.45) is 0 Å². The molecule has 2 aromatic rings. The van der Waals surface area contributed by atoms with E-state index in [0.717, 1.165) is 30.5 Å². The maximum atomic E-state index is 12.5. The van der Waals surface area contributed by atoms with Gasteiger partial charge in [-0.2, -0.15) is 0 Å². The van der Waals surface area contributed by atoms with Crippen molar-refractivity contribution in [3.8, 4) is 0 Å². The van der Waals surface area contributed by atoms with Gasteiger partial charge in [-0.25, -0.2) is 0 Å². The number of hydrogen-bond donors (Lipinski definition) is 1. The Morgan fingerprint density at radius 1 is 1.38 bits per heavy atom. The van der Waals surface area contributed by atoms with E-state index in [4.69, 9.17) is 0 Å². The fourth-order valence-electron chi connectivity index (χ4n) is 3.15. The second kappa shape index (κ2) is 6.22. The number of likely N-dealkylation sites (N-methyl/N-ethyl adjacent to an activating group) is 1. The van der Waals surface area contributed by atoms with Crippen LogP contribution in [-0.4, -0.2) is 41.5 Å². The van der Waals surface area contributed by atoms with E-state index in [1.165, 1.54) is 12.8 Å². The molecule has 4 nitrogen and oxygen atoms in total. The maximum Gasteiger partial charge on any atom is 0.252 e. The van der Waals surface area contributed by atoms with Crippen LogP contribution in [0.25, 0.3) is 10.9 Å². The summed E-state index contributed by atoms with van der Waals surface area (Å²) in [6.07, 6.45) is 4.15. The van der Waals surface area contributed by atoms with Crippen molar-refractivity contribution < 1.29 is 4.79 Å². The van der Waals surface area contributed by atoms with Crippen molar-refractivity contribution in [1.82, 2.24) is 15.2 Å². The van der Waals surface area contributed by atoms with Gasteiger partial charge >= 0.3 is 0 Å². The number of aromatic nitrogens is 1. The normalized spacial score (nSPS) is 19.0. The first-order chi connectivity index (χ1) is 10.3. The van der Waals surface area contributed by atoms with Crippen LogP contribution >= 0.6 is 0 Å². The Labute approximate surface area is 125 Å². The van der Waals surface area contributed by atoms with Gasteiger partial charge in [-0.05, 0) is 44.1 Å². The van der Waals surface area contributed by atoms with Gasteiger partial charge in [-0.15, -0.1) is 0 Å². The number of nitrogens with zero attached hydrogens (tertiary/aromatic N) is 2. The molecule has 1 amide bonds. The average Bonchev–Trinajstić information content (AvgIpc) is 2.99. The molecule has 1 aromatic heterocycles. The van der Waals surface area contributed by atoms with E-state index in [-0.39, 0.29) is 5.91 Å². The molecule has 21 heavy (non-hydrogen) atoms. The fraction of sp³-hybridized carbons (Fsp3) is 0.412. The molecule has 4 heteroatoms.